The Morgan fingerprint density at radius 3 is 2.26 bits per heavy atom. The molecule has 2 N–H and O–H groups in total. The summed E-state index contributed by atoms with van der Waals surface area (Å²) in [6.45, 7) is 6.31. The monoisotopic (exact) mass is 255 g/mol. The SMILES string of the molecule is CCC(CC)c1nc(N)c(C)c(-c2ccccc2)n1. The first-order chi connectivity index (χ1) is 9.17. The van der Waals surface area contributed by atoms with E-state index in [1.165, 1.54) is 0 Å². The van der Waals surface area contributed by atoms with Crippen molar-refractivity contribution in [2.24, 2.45) is 0 Å². The van der Waals surface area contributed by atoms with E-state index < -0.39 is 0 Å². The van der Waals surface area contributed by atoms with E-state index in [1.807, 2.05) is 25.1 Å². The van der Waals surface area contributed by atoms with E-state index in [0.29, 0.717) is 11.7 Å². The average molecular weight is 255 g/mol. The summed E-state index contributed by atoms with van der Waals surface area (Å²) >= 11 is 0. The highest BCUT2D eigenvalue weighted by Crippen LogP contribution is 2.28. The lowest BCUT2D eigenvalue weighted by molar-refractivity contribution is 0.603. The summed E-state index contributed by atoms with van der Waals surface area (Å²) in [6, 6.07) is 10.2. The van der Waals surface area contributed by atoms with Crippen molar-refractivity contribution in [1.82, 2.24) is 9.97 Å². The predicted molar refractivity (Wildman–Crippen MR) is 79.9 cm³/mol. The molecule has 0 amide bonds. The van der Waals surface area contributed by atoms with Crippen molar-refractivity contribution in [3.05, 3.63) is 41.7 Å². The topological polar surface area (TPSA) is 51.8 Å². The number of nitrogen functional groups attached to an aromatic ring is 1. The van der Waals surface area contributed by atoms with Crippen molar-refractivity contribution >= 4 is 5.82 Å². The Morgan fingerprint density at radius 2 is 1.68 bits per heavy atom. The zero-order valence-electron chi connectivity index (χ0n) is 11.9. The molecule has 1 aromatic carbocycles. The second kappa shape index (κ2) is 5.83. The Kier molecular flexibility index (Phi) is 4.15. The third kappa shape index (κ3) is 2.75. The molecule has 2 rings (SSSR count). The van der Waals surface area contributed by atoms with Crippen molar-refractivity contribution in [1.29, 1.82) is 0 Å². The second-order valence-electron chi connectivity index (χ2n) is 4.82. The minimum absolute atomic E-state index is 0.380. The fraction of sp³-hybridized carbons (Fsp3) is 0.375. The van der Waals surface area contributed by atoms with Crippen LogP contribution in [0.4, 0.5) is 5.82 Å². The minimum atomic E-state index is 0.380. The van der Waals surface area contributed by atoms with Crippen LogP contribution < -0.4 is 5.73 Å². The van der Waals surface area contributed by atoms with E-state index >= 15 is 0 Å². The maximum absolute atomic E-state index is 6.05. The number of hydrogen-bond acceptors (Lipinski definition) is 3. The van der Waals surface area contributed by atoms with Gasteiger partial charge < -0.3 is 5.73 Å². The van der Waals surface area contributed by atoms with Gasteiger partial charge in [-0.3, -0.25) is 0 Å². The van der Waals surface area contributed by atoms with Gasteiger partial charge in [-0.2, -0.15) is 0 Å². The van der Waals surface area contributed by atoms with E-state index in [2.05, 4.69) is 31.0 Å². The van der Waals surface area contributed by atoms with Crippen molar-refractivity contribution in [2.75, 3.05) is 5.73 Å². The summed E-state index contributed by atoms with van der Waals surface area (Å²) in [5.74, 6) is 1.84. The number of aromatic nitrogens is 2. The van der Waals surface area contributed by atoms with Gasteiger partial charge in [0.15, 0.2) is 0 Å². The van der Waals surface area contributed by atoms with Gasteiger partial charge in [0.05, 0.1) is 5.69 Å². The summed E-state index contributed by atoms with van der Waals surface area (Å²) in [5, 5.41) is 0. The maximum Gasteiger partial charge on any atom is 0.134 e. The number of anilines is 1. The van der Waals surface area contributed by atoms with Crippen LogP contribution in [0.5, 0.6) is 0 Å². The first kappa shape index (κ1) is 13.5. The Balaban J connectivity index is 2.55. The Labute approximate surface area is 114 Å². The standard InChI is InChI=1S/C16H21N3/c1-4-12(5-2)16-18-14(11(3)15(17)19-16)13-9-7-6-8-10-13/h6-10,12H,4-5H2,1-3H3,(H2,17,18,19). The van der Waals surface area contributed by atoms with Gasteiger partial charge in [0.25, 0.3) is 0 Å². The second-order valence-corrected chi connectivity index (χ2v) is 4.82. The van der Waals surface area contributed by atoms with Gasteiger partial charge in [-0.25, -0.2) is 9.97 Å². The highest BCUT2D eigenvalue weighted by atomic mass is 15.0. The molecular formula is C16H21N3. The number of benzene rings is 1. The number of hydrogen-bond donors (Lipinski definition) is 1. The largest absolute Gasteiger partial charge is 0.383 e. The van der Waals surface area contributed by atoms with Gasteiger partial charge in [-0.1, -0.05) is 44.2 Å². The molecular weight excluding hydrogens is 234 g/mol. The van der Waals surface area contributed by atoms with Crippen LogP contribution in [0.3, 0.4) is 0 Å². The highest BCUT2D eigenvalue weighted by Gasteiger charge is 2.15. The van der Waals surface area contributed by atoms with Gasteiger partial charge in [0.1, 0.15) is 11.6 Å². The van der Waals surface area contributed by atoms with Gasteiger partial charge in [0, 0.05) is 17.0 Å². The van der Waals surface area contributed by atoms with E-state index in [4.69, 9.17) is 10.7 Å². The molecule has 0 aliphatic heterocycles. The van der Waals surface area contributed by atoms with E-state index in [-0.39, 0.29) is 0 Å². The van der Waals surface area contributed by atoms with E-state index in [1.54, 1.807) is 0 Å². The Hall–Kier alpha value is -1.90. The smallest absolute Gasteiger partial charge is 0.134 e. The van der Waals surface area contributed by atoms with Crippen LogP contribution >= 0.6 is 0 Å². The zero-order valence-corrected chi connectivity index (χ0v) is 11.9. The first-order valence-corrected chi connectivity index (χ1v) is 6.86. The molecule has 1 heterocycles. The van der Waals surface area contributed by atoms with Crippen LogP contribution in [-0.4, -0.2) is 9.97 Å². The van der Waals surface area contributed by atoms with Gasteiger partial charge in [0.2, 0.25) is 0 Å². The fourth-order valence-corrected chi connectivity index (χ4v) is 2.27. The van der Waals surface area contributed by atoms with Crippen molar-refractivity contribution in [3.8, 4) is 11.3 Å². The summed E-state index contributed by atoms with van der Waals surface area (Å²) in [5.41, 5.74) is 9.07. The molecule has 0 fully saturated rings. The van der Waals surface area contributed by atoms with Gasteiger partial charge >= 0.3 is 0 Å². The third-order valence-corrected chi connectivity index (χ3v) is 3.60. The van der Waals surface area contributed by atoms with Crippen LogP contribution in [0, 0.1) is 6.92 Å². The molecule has 0 aliphatic carbocycles. The summed E-state index contributed by atoms with van der Waals surface area (Å²) in [6.07, 6.45) is 2.07. The van der Waals surface area contributed by atoms with Crippen molar-refractivity contribution in [2.45, 2.75) is 39.5 Å². The molecule has 3 nitrogen and oxygen atoms in total. The molecule has 3 heteroatoms. The number of rotatable bonds is 4. The van der Waals surface area contributed by atoms with E-state index in [9.17, 15) is 0 Å². The zero-order chi connectivity index (χ0) is 13.8. The van der Waals surface area contributed by atoms with Crippen LogP contribution in [0.1, 0.15) is 44.0 Å². The molecule has 19 heavy (non-hydrogen) atoms. The normalized spacial score (nSPS) is 10.9. The quantitative estimate of drug-likeness (QED) is 0.900. The predicted octanol–water partition coefficient (Wildman–Crippen LogP) is 3.94. The molecule has 1 aromatic heterocycles. The van der Waals surface area contributed by atoms with Crippen LogP contribution in [0.25, 0.3) is 11.3 Å². The maximum atomic E-state index is 6.05. The van der Waals surface area contributed by atoms with Crippen LogP contribution in [-0.2, 0) is 0 Å². The Morgan fingerprint density at radius 1 is 1.05 bits per heavy atom. The van der Waals surface area contributed by atoms with Gasteiger partial charge in [-0.05, 0) is 19.8 Å². The van der Waals surface area contributed by atoms with Crippen LogP contribution in [0.2, 0.25) is 0 Å². The number of nitrogens with two attached hydrogens (primary N) is 1. The first-order valence-electron chi connectivity index (χ1n) is 6.86. The molecule has 0 aliphatic rings. The summed E-state index contributed by atoms with van der Waals surface area (Å²) in [4.78, 5) is 9.22. The number of nitrogens with zero attached hydrogens (tertiary/aromatic N) is 2. The molecule has 0 bridgehead atoms. The fourth-order valence-electron chi connectivity index (χ4n) is 2.27. The lowest BCUT2D eigenvalue weighted by atomic mass is 10.0. The molecule has 0 radical (unpaired) electrons. The molecule has 100 valence electrons. The third-order valence-electron chi connectivity index (χ3n) is 3.60. The lowest BCUT2D eigenvalue weighted by Gasteiger charge is -2.15. The molecule has 0 saturated carbocycles. The minimum Gasteiger partial charge on any atom is -0.383 e. The van der Waals surface area contributed by atoms with Gasteiger partial charge in [-0.15, -0.1) is 0 Å². The van der Waals surface area contributed by atoms with Crippen molar-refractivity contribution < 1.29 is 0 Å². The molecule has 0 unspecified atom stereocenters. The molecule has 0 atom stereocenters. The van der Waals surface area contributed by atoms with Crippen molar-refractivity contribution in [3.63, 3.8) is 0 Å². The molecule has 0 saturated heterocycles. The molecule has 0 spiro atoms. The highest BCUT2D eigenvalue weighted by molar-refractivity contribution is 5.67. The lowest BCUT2D eigenvalue weighted by Crippen LogP contribution is -2.08. The van der Waals surface area contributed by atoms with E-state index in [0.717, 1.165) is 35.5 Å². The van der Waals surface area contributed by atoms with Crippen LogP contribution in [0.15, 0.2) is 30.3 Å². The summed E-state index contributed by atoms with van der Waals surface area (Å²) < 4.78 is 0. The summed E-state index contributed by atoms with van der Waals surface area (Å²) in [7, 11) is 0. The average Bonchev–Trinajstić information content (AvgIpc) is 2.44. The molecule has 2 aromatic rings. The Bertz CT molecular complexity index is 545.